The van der Waals surface area contributed by atoms with Crippen LogP contribution in [0.2, 0.25) is 0 Å². The minimum atomic E-state index is -1.12. The maximum absolute atomic E-state index is 12.7. The Balaban J connectivity index is 1.75. The Morgan fingerprint density at radius 2 is 2.07 bits per heavy atom. The number of nitrogens with zero attached hydrogens (tertiary/aromatic N) is 4. The van der Waals surface area contributed by atoms with Crippen LogP contribution in [0.1, 0.15) is 32.3 Å². The normalized spacial score (nSPS) is 32.0. The van der Waals surface area contributed by atoms with Gasteiger partial charge in [0, 0.05) is 36.8 Å². The molecule has 0 aromatic heterocycles. The number of carboxylic acid groups (broad SMARTS) is 1. The number of hydroxylamine groups is 2. The van der Waals surface area contributed by atoms with Gasteiger partial charge in [0.1, 0.15) is 6.04 Å². The van der Waals surface area contributed by atoms with Gasteiger partial charge in [-0.2, -0.15) is 0 Å². The third-order valence-corrected chi connectivity index (χ3v) is 6.77. The van der Waals surface area contributed by atoms with Crippen LogP contribution in [0.4, 0.5) is 16.2 Å². The van der Waals surface area contributed by atoms with Crippen molar-refractivity contribution < 1.29 is 19.5 Å². The molecule has 3 heterocycles. The fraction of sp³-hybridized carbons (Fsp3) is 0.600. The van der Waals surface area contributed by atoms with E-state index in [-0.39, 0.29) is 23.5 Å². The standard InChI is InChI=1S/C20H28N4O4/c1-12-10-16(17(25)24(12)28-5)23(19(26)27)13-6-7-15-14(11-13)20(2)8-9-21(3)18(20)22(15)4/h6-7,11-12,16,18H,8-10H2,1-5H3,(H,26,27)/t12?,16?,18?,20-/m0/s1. The van der Waals surface area contributed by atoms with Crippen LogP contribution in [0.15, 0.2) is 18.2 Å². The number of likely N-dealkylation sites (tertiary alicyclic amines) is 1. The van der Waals surface area contributed by atoms with Crippen molar-refractivity contribution >= 4 is 23.4 Å². The van der Waals surface area contributed by atoms with Gasteiger partial charge in [0.25, 0.3) is 5.91 Å². The molecule has 28 heavy (non-hydrogen) atoms. The van der Waals surface area contributed by atoms with Crippen molar-refractivity contribution in [2.75, 3.05) is 37.5 Å². The van der Waals surface area contributed by atoms with Gasteiger partial charge in [0.05, 0.1) is 19.3 Å². The molecule has 152 valence electrons. The topological polar surface area (TPSA) is 76.6 Å². The van der Waals surface area contributed by atoms with Crippen LogP contribution >= 0.6 is 0 Å². The number of benzene rings is 1. The Morgan fingerprint density at radius 3 is 2.68 bits per heavy atom. The first-order valence-corrected chi connectivity index (χ1v) is 9.67. The molecule has 0 saturated carbocycles. The van der Waals surface area contributed by atoms with E-state index >= 15 is 0 Å². The highest BCUT2D eigenvalue weighted by Crippen LogP contribution is 2.52. The first-order valence-electron chi connectivity index (χ1n) is 9.67. The van der Waals surface area contributed by atoms with Gasteiger partial charge in [-0.1, -0.05) is 6.92 Å². The monoisotopic (exact) mass is 388 g/mol. The third-order valence-electron chi connectivity index (χ3n) is 6.77. The van der Waals surface area contributed by atoms with Gasteiger partial charge < -0.3 is 10.0 Å². The van der Waals surface area contributed by atoms with E-state index in [0.717, 1.165) is 24.2 Å². The summed E-state index contributed by atoms with van der Waals surface area (Å²) in [5.41, 5.74) is 2.75. The molecule has 1 N–H and O–H groups in total. The summed E-state index contributed by atoms with van der Waals surface area (Å²) in [5.74, 6) is -0.320. The lowest BCUT2D eigenvalue weighted by Crippen LogP contribution is -2.45. The summed E-state index contributed by atoms with van der Waals surface area (Å²) in [7, 11) is 5.65. The number of fused-ring (bicyclic) bond motifs is 3. The van der Waals surface area contributed by atoms with Crippen molar-refractivity contribution in [2.24, 2.45) is 0 Å². The van der Waals surface area contributed by atoms with Gasteiger partial charge in [0.2, 0.25) is 0 Å². The highest BCUT2D eigenvalue weighted by Gasteiger charge is 2.52. The number of likely N-dealkylation sites (N-methyl/N-ethyl adjacent to an activating group) is 2. The molecular weight excluding hydrogens is 360 g/mol. The van der Waals surface area contributed by atoms with Gasteiger partial charge in [-0.25, -0.2) is 9.86 Å². The Bertz CT molecular complexity index is 830. The van der Waals surface area contributed by atoms with Crippen LogP contribution in [0, 0.1) is 0 Å². The molecule has 4 rings (SSSR count). The molecule has 1 aromatic carbocycles. The maximum atomic E-state index is 12.7. The predicted molar refractivity (Wildman–Crippen MR) is 105 cm³/mol. The molecule has 4 atom stereocenters. The Hall–Kier alpha value is -2.32. The summed E-state index contributed by atoms with van der Waals surface area (Å²) in [6.45, 7) is 5.10. The number of carbonyl (C=O) groups is 2. The van der Waals surface area contributed by atoms with Crippen LogP contribution in [0.25, 0.3) is 0 Å². The molecule has 2 amide bonds. The van der Waals surface area contributed by atoms with E-state index in [9.17, 15) is 14.7 Å². The van der Waals surface area contributed by atoms with Crippen molar-refractivity contribution in [3.05, 3.63) is 23.8 Å². The molecule has 3 unspecified atom stereocenters. The van der Waals surface area contributed by atoms with E-state index < -0.39 is 12.1 Å². The maximum Gasteiger partial charge on any atom is 0.412 e. The van der Waals surface area contributed by atoms with Crippen LogP contribution in [0.5, 0.6) is 0 Å². The number of hydrogen-bond acceptors (Lipinski definition) is 5. The molecule has 2 fully saturated rings. The molecule has 3 aliphatic heterocycles. The lowest BCUT2D eigenvalue weighted by atomic mass is 9.81. The van der Waals surface area contributed by atoms with E-state index in [4.69, 9.17) is 4.84 Å². The number of hydrogen-bond donors (Lipinski definition) is 1. The largest absolute Gasteiger partial charge is 0.465 e. The second kappa shape index (κ2) is 6.35. The summed E-state index contributed by atoms with van der Waals surface area (Å²) < 4.78 is 0. The lowest BCUT2D eigenvalue weighted by Gasteiger charge is -2.32. The van der Waals surface area contributed by atoms with Crippen LogP contribution < -0.4 is 9.80 Å². The Labute approximate surface area is 165 Å². The van der Waals surface area contributed by atoms with Crippen molar-refractivity contribution in [3.8, 4) is 0 Å². The average molecular weight is 388 g/mol. The van der Waals surface area contributed by atoms with Crippen molar-refractivity contribution in [1.82, 2.24) is 9.96 Å². The molecule has 0 bridgehead atoms. The number of amides is 2. The van der Waals surface area contributed by atoms with Crippen LogP contribution in [0.3, 0.4) is 0 Å². The van der Waals surface area contributed by atoms with Crippen molar-refractivity contribution in [3.63, 3.8) is 0 Å². The van der Waals surface area contributed by atoms with E-state index in [0.29, 0.717) is 12.1 Å². The first-order chi connectivity index (χ1) is 13.2. The van der Waals surface area contributed by atoms with Crippen molar-refractivity contribution in [1.29, 1.82) is 0 Å². The first kappa shape index (κ1) is 19.0. The quantitative estimate of drug-likeness (QED) is 0.855. The van der Waals surface area contributed by atoms with Gasteiger partial charge >= 0.3 is 6.09 Å². The van der Waals surface area contributed by atoms with E-state index in [2.05, 4.69) is 30.8 Å². The van der Waals surface area contributed by atoms with Gasteiger partial charge in [0.15, 0.2) is 0 Å². The predicted octanol–water partition coefficient (Wildman–Crippen LogP) is 2.09. The van der Waals surface area contributed by atoms with E-state index in [1.807, 2.05) is 19.1 Å². The fourth-order valence-electron chi connectivity index (χ4n) is 5.51. The zero-order valence-corrected chi connectivity index (χ0v) is 17.0. The summed E-state index contributed by atoms with van der Waals surface area (Å²) in [5, 5.41) is 11.2. The highest BCUT2D eigenvalue weighted by molar-refractivity contribution is 5.98. The number of anilines is 2. The zero-order chi connectivity index (χ0) is 20.4. The average Bonchev–Trinajstić information content (AvgIpc) is 3.18. The Kier molecular flexibility index (Phi) is 4.31. The van der Waals surface area contributed by atoms with Gasteiger partial charge in [-0.05, 0) is 44.2 Å². The molecule has 0 aliphatic carbocycles. The third kappa shape index (κ3) is 2.44. The molecule has 0 spiro atoms. The zero-order valence-electron chi connectivity index (χ0n) is 17.0. The highest BCUT2D eigenvalue weighted by atomic mass is 16.7. The minimum absolute atomic E-state index is 0.0649. The Morgan fingerprint density at radius 1 is 1.36 bits per heavy atom. The summed E-state index contributed by atoms with van der Waals surface area (Å²) in [6, 6.07) is 4.80. The molecule has 8 nitrogen and oxygen atoms in total. The smallest absolute Gasteiger partial charge is 0.412 e. The molecule has 1 aromatic rings. The summed E-state index contributed by atoms with van der Waals surface area (Å²) in [4.78, 5) is 35.8. The molecule has 0 radical (unpaired) electrons. The molecule has 8 heteroatoms. The van der Waals surface area contributed by atoms with Gasteiger partial charge in [-0.15, -0.1) is 0 Å². The lowest BCUT2D eigenvalue weighted by molar-refractivity contribution is -0.176. The fourth-order valence-corrected chi connectivity index (χ4v) is 5.51. The molecular formula is C20H28N4O4. The summed E-state index contributed by atoms with van der Waals surface area (Å²) in [6.07, 6.45) is 0.547. The van der Waals surface area contributed by atoms with Crippen molar-refractivity contribution in [2.45, 2.75) is 50.4 Å². The van der Waals surface area contributed by atoms with Crippen LogP contribution in [-0.4, -0.2) is 73.1 Å². The summed E-state index contributed by atoms with van der Waals surface area (Å²) >= 11 is 0. The second-order valence-electron chi connectivity index (χ2n) is 8.43. The second-order valence-corrected chi connectivity index (χ2v) is 8.43. The molecule has 2 saturated heterocycles. The molecule has 3 aliphatic rings. The van der Waals surface area contributed by atoms with E-state index in [1.54, 1.807) is 6.07 Å². The number of rotatable bonds is 3. The minimum Gasteiger partial charge on any atom is -0.465 e. The van der Waals surface area contributed by atoms with E-state index in [1.165, 1.54) is 17.1 Å². The number of carbonyl (C=O) groups excluding carboxylic acids is 1. The SMILES string of the molecule is CON1C(=O)C(N(C(=O)O)c2ccc3c(c2)[C@]2(C)CCN(C)C2N3C)CC1C. The van der Waals surface area contributed by atoms with Crippen LogP contribution in [-0.2, 0) is 15.0 Å². The van der Waals surface area contributed by atoms with Gasteiger partial charge in [-0.3, -0.25) is 19.4 Å².